The Bertz CT molecular complexity index is 140. The molecule has 11 heavy (non-hydrogen) atoms. The molecule has 1 nitrogen and oxygen atoms in total. The van der Waals surface area contributed by atoms with Crippen molar-refractivity contribution in [2.24, 2.45) is 5.92 Å². The number of carbonyl (C=O) groups is 1. The van der Waals surface area contributed by atoms with Crippen LogP contribution in [0.4, 0.5) is 22.0 Å². The van der Waals surface area contributed by atoms with Crippen molar-refractivity contribution < 1.29 is 26.7 Å². The predicted octanol–water partition coefficient (Wildman–Crippen LogP) is 2.02. The highest BCUT2D eigenvalue weighted by Crippen LogP contribution is 2.29. The normalized spacial score (nSPS) is 14.6. The highest BCUT2D eigenvalue weighted by atomic mass is 19.4. The Hall–Kier alpha value is -0.680. The Morgan fingerprint density at radius 2 is 1.82 bits per heavy atom. The van der Waals surface area contributed by atoms with Gasteiger partial charge in [-0.15, -0.1) is 0 Å². The van der Waals surface area contributed by atoms with Gasteiger partial charge in [-0.25, -0.2) is 0 Å². The van der Waals surface area contributed by atoms with Crippen molar-refractivity contribution in [3.8, 4) is 0 Å². The standard InChI is InChI=1S/C5H5F5O/c6-2-1-3(4(7)11)5(8,9)10/h3H,1-2H2. The molecule has 1 atom stereocenters. The van der Waals surface area contributed by atoms with Crippen LogP contribution in [-0.4, -0.2) is 18.9 Å². The van der Waals surface area contributed by atoms with Crippen LogP contribution in [0, 0.1) is 5.92 Å². The van der Waals surface area contributed by atoms with Gasteiger partial charge >= 0.3 is 12.2 Å². The van der Waals surface area contributed by atoms with Gasteiger partial charge in [0, 0.05) is 0 Å². The molecule has 0 aromatic carbocycles. The molecular weight excluding hydrogens is 171 g/mol. The summed E-state index contributed by atoms with van der Waals surface area (Å²) in [6.45, 7) is -1.36. The van der Waals surface area contributed by atoms with Crippen molar-refractivity contribution in [1.29, 1.82) is 0 Å². The van der Waals surface area contributed by atoms with Crippen molar-refractivity contribution in [3.63, 3.8) is 0 Å². The summed E-state index contributed by atoms with van der Waals surface area (Å²) in [7, 11) is 0. The van der Waals surface area contributed by atoms with E-state index in [2.05, 4.69) is 0 Å². The van der Waals surface area contributed by atoms with Gasteiger partial charge in [0.2, 0.25) is 0 Å². The maximum atomic E-state index is 11.5. The molecule has 0 rings (SSSR count). The van der Waals surface area contributed by atoms with Crippen LogP contribution >= 0.6 is 0 Å². The van der Waals surface area contributed by atoms with Crippen molar-refractivity contribution in [3.05, 3.63) is 0 Å². The van der Waals surface area contributed by atoms with Crippen LogP contribution in [0.15, 0.2) is 0 Å². The molecular formula is C5H5F5O. The Kier molecular flexibility index (Phi) is 3.41. The molecule has 0 aromatic heterocycles. The van der Waals surface area contributed by atoms with E-state index in [1.165, 1.54) is 0 Å². The minimum absolute atomic E-state index is 1.14. The molecule has 0 radical (unpaired) electrons. The van der Waals surface area contributed by atoms with Crippen LogP contribution in [0.1, 0.15) is 6.42 Å². The fourth-order valence-electron chi connectivity index (χ4n) is 0.515. The topological polar surface area (TPSA) is 17.1 Å². The van der Waals surface area contributed by atoms with Crippen LogP contribution < -0.4 is 0 Å². The SMILES string of the molecule is O=C(F)C(CCF)C(F)(F)F. The van der Waals surface area contributed by atoms with Crippen molar-refractivity contribution in [1.82, 2.24) is 0 Å². The highest BCUT2D eigenvalue weighted by Gasteiger charge is 2.44. The van der Waals surface area contributed by atoms with E-state index in [1.807, 2.05) is 0 Å². The lowest BCUT2D eigenvalue weighted by atomic mass is 10.1. The van der Waals surface area contributed by atoms with E-state index in [-0.39, 0.29) is 0 Å². The minimum atomic E-state index is -4.97. The third-order valence-corrected chi connectivity index (χ3v) is 1.07. The van der Waals surface area contributed by atoms with Gasteiger partial charge in [-0.2, -0.15) is 17.6 Å². The summed E-state index contributed by atoms with van der Waals surface area (Å²) < 4.78 is 57.4. The van der Waals surface area contributed by atoms with Gasteiger partial charge in [0.05, 0.1) is 6.67 Å². The zero-order valence-corrected chi connectivity index (χ0v) is 5.29. The molecule has 0 saturated carbocycles. The first kappa shape index (κ1) is 10.3. The van der Waals surface area contributed by atoms with Crippen LogP contribution in [0.2, 0.25) is 0 Å². The molecule has 0 aliphatic carbocycles. The zero-order valence-electron chi connectivity index (χ0n) is 5.29. The van der Waals surface area contributed by atoms with Gasteiger partial charge in [-0.05, 0) is 6.42 Å². The first-order valence-electron chi connectivity index (χ1n) is 2.71. The first-order chi connectivity index (χ1) is 4.89. The molecule has 0 fully saturated rings. The van der Waals surface area contributed by atoms with Gasteiger partial charge < -0.3 is 0 Å². The molecule has 0 saturated heterocycles. The van der Waals surface area contributed by atoms with Crippen molar-refractivity contribution in [2.45, 2.75) is 12.6 Å². The summed E-state index contributed by atoms with van der Waals surface area (Å²) in [6.07, 6.45) is -6.11. The molecule has 0 bridgehead atoms. The van der Waals surface area contributed by atoms with Gasteiger partial charge in [0.1, 0.15) is 5.92 Å². The van der Waals surface area contributed by atoms with Gasteiger partial charge in [-0.1, -0.05) is 0 Å². The summed E-state index contributed by atoms with van der Waals surface area (Å²) in [6, 6.07) is -2.53. The average Bonchev–Trinajstić information content (AvgIpc) is 1.79. The second-order valence-electron chi connectivity index (χ2n) is 1.88. The fraction of sp³-hybridized carbons (Fsp3) is 0.800. The molecule has 0 amide bonds. The van der Waals surface area contributed by atoms with E-state index in [1.54, 1.807) is 0 Å². The second kappa shape index (κ2) is 3.64. The van der Waals surface area contributed by atoms with Gasteiger partial charge in [-0.3, -0.25) is 9.18 Å². The summed E-state index contributed by atoms with van der Waals surface area (Å²) in [5.74, 6) is -2.80. The zero-order chi connectivity index (χ0) is 9.07. The molecule has 0 aliphatic rings. The van der Waals surface area contributed by atoms with E-state index in [4.69, 9.17) is 0 Å². The summed E-state index contributed by atoms with van der Waals surface area (Å²) >= 11 is 0. The summed E-state index contributed by atoms with van der Waals surface area (Å²) in [5, 5.41) is 0. The lowest BCUT2D eigenvalue weighted by Crippen LogP contribution is -2.28. The third kappa shape index (κ3) is 3.29. The maximum absolute atomic E-state index is 11.5. The van der Waals surface area contributed by atoms with Crippen LogP contribution in [0.3, 0.4) is 0 Å². The number of hydrogen-bond donors (Lipinski definition) is 0. The van der Waals surface area contributed by atoms with Crippen LogP contribution in [-0.2, 0) is 4.79 Å². The highest BCUT2D eigenvalue weighted by molar-refractivity contribution is 5.71. The van der Waals surface area contributed by atoms with Crippen LogP contribution in [0.25, 0.3) is 0 Å². The van der Waals surface area contributed by atoms with E-state index in [0.717, 1.165) is 0 Å². The summed E-state index contributed by atoms with van der Waals surface area (Å²) in [5.41, 5.74) is 0. The quantitative estimate of drug-likeness (QED) is 0.475. The van der Waals surface area contributed by atoms with Crippen molar-refractivity contribution in [2.75, 3.05) is 6.67 Å². The molecule has 0 heterocycles. The lowest BCUT2D eigenvalue weighted by molar-refractivity contribution is -0.189. The Balaban J connectivity index is 4.22. The van der Waals surface area contributed by atoms with E-state index >= 15 is 0 Å². The Morgan fingerprint density at radius 3 is 1.91 bits per heavy atom. The molecule has 0 spiro atoms. The number of rotatable bonds is 3. The van der Waals surface area contributed by atoms with Crippen molar-refractivity contribution >= 4 is 6.04 Å². The molecule has 0 aliphatic heterocycles. The molecule has 6 heteroatoms. The largest absolute Gasteiger partial charge is 0.401 e. The molecule has 0 N–H and O–H groups in total. The first-order valence-corrected chi connectivity index (χ1v) is 2.71. The summed E-state index contributed by atoms with van der Waals surface area (Å²) in [4.78, 5) is 9.63. The minimum Gasteiger partial charge on any atom is -0.260 e. The smallest absolute Gasteiger partial charge is 0.260 e. The van der Waals surface area contributed by atoms with Crippen LogP contribution in [0.5, 0.6) is 0 Å². The number of carbonyl (C=O) groups excluding carboxylic acids is 1. The second-order valence-corrected chi connectivity index (χ2v) is 1.88. The Morgan fingerprint density at radius 1 is 1.36 bits per heavy atom. The lowest BCUT2D eigenvalue weighted by Gasteiger charge is -2.12. The monoisotopic (exact) mass is 176 g/mol. The average molecular weight is 176 g/mol. The third-order valence-electron chi connectivity index (χ3n) is 1.07. The molecule has 1 unspecified atom stereocenters. The van der Waals surface area contributed by atoms with Gasteiger partial charge in [0.15, 0.2) is 0 Å². The molecule has 66 valence electrons. The van der Waals surface area contributed by atoms with E-state index < -0.39 is 31.2 Å². The maximum Gasteiger partial charge on any atom is 0.401 e. The number of alkyl halides is 4. The number of hydrogen-bond acceptors (Lipinski definition) is 1. The Labute approximate surface area is 59.2 Å². The predicted molar refractivity (Wildman–Crippen MR) is 26.3 cm³/mol. The van der Waals surface area contributed by atoms with Gasteiger partial charge in [0.25, 0.3) is 0 Å². The molecule has 0 aromatic rings. The van der Waals surface area contributed by atoms with E-state index in [9.17, 15) is 26.7 Å². The van der Waals surface area contributed by atoms with E-state index in [0.29, 0.717) is 0 Å². The fourth-order valence-corrected chi connectivity index (χ4v) is 0.515. The number of halogens is 5.